The van der Waals surface area contributed by atoms with Crippen LogP contribution in [0.2, 0.25) is 0 Å². The quantitative estimate of drug-likeness (QED) is 0.158. The number of hydrogen-bond acceptors (Lipinski definition) is 5. The van der Waals surface area contributed by atoms with Crippen molar-refractivity contribution in [3.8, 4) is 0 Å². The maximum Gasteiger partial charge on any atom is 0.308 e. The topological polar surface area (TPSA) is 66.2 Å². The summed E-state index contributed by atoms with van der Waals surface area (Å²) in [5, 5.41) is 9.10. The SMILES string of the molecule is CC(C)(C)CC1CC(c2nnn([C@@H](CCCOCc3ccccc3)CC(=O)OC(C)(C)C)c2I)C1. The Morgan fingerprint density at radius 2 is 1.83 bits per heavy atom. The third kappa shape index (κ3) is 9.16. The molecule has 1 atom stereocenters. The fourth-order valence-electron chi connectivity index (χ4n) is 4.84. The van der Waals surface area contributed by atoms with Crippen molar-refractivity contribution in [1.29, 1.82) is 0 Å². The van der Waals surface area contributed by atoms with Crippen molar-refractivity contribution < 1.29 is 14.3 Å². The lowest BCUT2D eigenvalue weighted by Crippen LogP contribution is -2.27. The van der Waals surface area contributed by atoms with Gasteiger partial charge in [-0.3, -0.25) is 4.79 Å². The number of halogens is 1. The lowest BCUT2D eigenvalue weighted by molar-refractivity contribution is -0.156. The highest BCUT2D eigenvalue weighted by atomic mass is 127. The highest BCUT2D eigenvalue weighted by Gasteiger charge is 2.37. The van der Waals surface area contributed by atoms with Crippen LogP contribution in [0.3, 0.4) is 0 Å². The summed E-state index contributed by atoms with van der Waals surface area (Å²) in [5.41, 5.74) is 2.11. The third-order valence-corrected chi connectivity index (χ3v) is 7.34. The Bertz CT molecular complexity index is 941. The molecule has 0 spiro atoms. The predicted molar refractivity (Wildman–Crippen MR) is 147 cm³/mol. The zero-order valence-electron chi connectivity index (χ0n) is 22.2. The van der Waals surface area contributed by atoms with E-state index < -0.39 is 5.60 Å². The second-order valence-electron chi connectivity index (χ2n) is 12.1. The second kappa shape index (κ2) is 12.2. The summed E-state index contributed by atoms with van der Waals surface area (Å²) >= 11 is 2.36. The Balaban J connectivity index is 1.60. The first-order chi connectivity index (χ1) is 16.4. The van der Waals surface area contributed by atoms with Gasteiger partial charge in [0.05, 0.1) is 24.8 Å². The van der Waals surface area contributed by atoms with Crippen LogP contribution in [0.15, 0.2) is 30.3 Å². The van der Waals surface area contributed by atoms with Crippen molar-refractivity contribution in [3.05, 3.63) is 45.3 Å². The van der Waals surface area contributed by atoms with Gasteiger partial charge >= 0.3 is 5.97 Å². The number of hydrogen-bond donors (Lipinski definition) is 0. The van der Waals surface area contributed by atoms with Crippen molar-refractivity contribution in [3.63, 3.8) is 0 Å². The molecule has 6 nitrogen and oxygen atoms in total. The molecule has 2 aromatic rings. The van der Waals surface area contributed by atoms with Gasteiger partial charge in [-0.1, -0.05) is 56.3 Å². The van der Waals surface area contributed by atoms with Crippen LogP contribution >= 0.6 is 22.6 Å². The zero-order chi connectivity index (χ0) is 25.6. The smallest absolute Gasteiger partial charge is 0.308 e. The van der Waals surface area contributed by atoms with Gasteiger partial charge in [0, 0.05) is 12.5 Å². The first-order valence-electron chi connectivity index (χ1n) is 12.9. The molecule has 1 aromatic carbocycles. The summed E-state index contributed by atoms with van der Waals surface area (Å²) < 4.78 is 14.5. The lowest BCUT2D eigenvalue weighted by atomic mass is 9.67. The summed E-state index contributed by atoms with van der Waals surface area (Å²) in [7, 11) is 0. The van der Waals surface area contributed by atoms with E-state index in [1.807, 2.05) is 43.7 Å². The number of rotatable bonds is 11. The second-order valence-corrected chi connectivity index (χ2v) is 13.2. The normalized spacial score (nSPS) is 19.3. The number of aromatic nitrogens is 3. The van der Waals surface area contributed by atoms with Gasteiger partial charge in [-0.2, -0.15) is 0 Å². The van der Waals surface area contributed by atoms with E-state index in [1.165, 1.54) is 24.8 Å². The van der Waals surface area contributed by atoms with Crippen molar-refractivity contribution in [1.82, 2.24) is 15.0 Å². The lowest BCUT2D eigenvalue weighted by Gasteiger charge is -2.38. The van der Waals surface area contributed by atoms with E-state index in [0.29, 0.717) is 24.5 Å². The average molecular weight is 596 g/mol. The number of carbonyl (C=O) groups excluding carboxylic acids is 1. The van der Waals surface area contributed by atoms with Crippen molar-refractivity contribution in [2.45, 2.75) is 104 Å². The van der Waals surface area contributed by atoms with Crippen molar-refractivity contribution in [2.75, 3.05) is 6.61 Å². The Morgan fingerprint density at radius 1 is 1.14 bits per heavy atom. The maximum atomic E-state index is 12.7. The molecule has 1 fully saturated rings. The van der Waals surface area contributed by atoms with Crippen molar-refractivity contribution >= 4 is 28.6 Å². The van der Waals surface area contributed by atoms with E-state index in [4.69, 9.17) is 9.47 Å². The van der Waals surface area contributed by atoms with Gasteiger partial charge in [-0.25, -0.2) is 4.68 Å². The van der Waals surface area contributed by atoms with E-state index in [-0.39, 0.29) is 18.4 Å². The monoisotopic (exact) mass is 595 g/mol. The Hall–Kier alpha value is -1.48. The van der Waals surface area contributed by atoms with Gasteiger partial charge in [0.2, 0.25) is 0 Å². The fourth-order valence-corrected chi connectivity index (χ4v) is 5.88. The first-order valence-corrected chi connectivity index (χ1v) is 13.9. The van der Waals surface area contributed by atoms with Crippen LogP contribution in [0.25, 0.3) is 0 Å². The van der Waals surface area contributed by atoms with E-state index in [0.717, 1.165) is 28.2 Å². The van der Waals surface area contributed by atoms with E-state index in [1.54, 1.807) is 0 Å². The standard InChI is InChI=1S/C28H42IN3O3/c1-27(2,3)18-21-15-22(16-21)25-26(29)32(31-30-25)23(17-24(33)35-28(4,5)6)13-10-14-34-19-20-11-8-7-9-12-20/h7-9,11-12,21-23H,10,13-19H2,1-6H3/t21?,22?,23-/m0/s1. The van der Waals surface area contributed by atoms with Crippen LogP contribution < -0.4 is 0 Å². The van der Waals surface area contributed by atoms with Gasteiger partial charge in [0.1, 0.15) is 9.30 Å². The average Bonchev–Trinajstić information content (AvgIpc) is 3.09. The summed E-state index contributed by atoms with van der Waals surface area (Å²) in [4.78, 5) is 12.7. The van der Waals surface area contributed by atoms with Crippen LogP contribution in [-0.4, -0.2) is 33.2 Å². The molecule has 0 saturated heterocycles. The molecule has 0 radical (unpaired) electrons. The minimum Gasteiger partial charge on any atom is -0.460 e. The molecular weight excluding hydrogens is 553 g/mol. The van der Waals surface area contributed by atoms with Crippen LogP contribution in [0, 0.1) is 15.0 Å². The van der Waals surface area contributed by atoms with Crippen LogP contribution in [0.5, 0.6) is 0 Å². The van der Waals surface area contributed by atoms with Crippen molar-refractivity contribution in [2.24, 2.45) is 11.3 Å². The molecule has 0 N–H and O–H groups in total. The Kier molecular flexibility index (Phi) is 9.77. The molecule has 1 heterocycles. The molecule has 1 aromatic heterocycles. The number of carbonyl (C=O) groups is 1. The molecule has 0 bridgehead atoms. The molecule has 7 heteroatoms. The molecule has 1 aliphatic rings. The summed E-state index contributed by atoms with van der Waals surface area (Å²) in [6, 6.07) is 10.1. The third-order valence-electron chi connectivity index (χ3n) is 6.29. The van der Waals surface area contributed by atoms with E-state index >= 15 is 0 Å². The van der Waals surface area contributed by atoms with Gasteiger partial charge in [0.25, 0.3) is 0 Å². The van der Waals surface area contributed by atoms with Gasteiger partial charge < -0.3 is 9.47 Å². The largest absolute Gasteiger partial charge is 0.460 e. The van der Waals surface area contributed by atoms with Crippen LogP contribution in [0.4, 0.5) is 0 Å². The number of ether oxygens (including phenoxy) is 2. The number of esters is 1. The molecule has 0 amide bonds. The number of benzene rings is 1. The molecule has 0 aliphatic heterocycles. The summed E-state index contributed by atoms with van der Waals surface area (Å²) in [6.07, 6.45) is 5.50. The molecule has 1 saturated carbocycles. The van der Waals surface area contributed by atoms with Gasteiger partial charge in [-0.15, -0.1) is 5.10 Å². The maximum absolute atomic E-state index is 12.7. The summed E-state index contributed by atoms with van der Waals surface area (Å²) in [5.74, 6) is 1.04. The molecule has 3 rings (SSSR count). The number of nitrogens with zero attached hydrogens (tertiary/aromatic N) is 3. The molecule has 35 heavy (non-hydrogen) atoms. The Morgan fingerprint density at radius 3 is 2.46 bits per heavy atom. The minimum absolute atomic E-state index is 0.0937. The van der Waals surface area contributed by atoms with Gasteiger partial charge in [0.15, 0.2) is 0 Å². The molecular formula is C28H42IN3O3. The highest BCUT2D eigenvalue weighted by Crippen LogP contribution is 2.47. The van der Waals surface area contributed by atoms with Gasteiger partial charge in [-0.05, 0) is 92.4 Å². The van der Waals surface area contributed by atoms with E-state index in [9.17, 15) is 4.79 Å². The Labute approximate surface area is 224 Å². The predicted octanol–water partition coefficient (Wildman–Crippen LogP) is 7.08. The highest BCUT2D eigenvalue weighted by molar-refractivity contribution is 14.1. The molecule has 1 aliphatic carbocycles. The van der Waals surface area contributed by atoms with E-state index in [2.05, 4.69) is 65.8 Å². The van der Waals surface area contributed by atoms with Crippen LogP contribution in [0.1, 0.15) is 103 Å². The van der Waals surface area contributed by atoms with Crippen LogP contribution in [-0.2, 0) is 20.9 Å². The summed E-state index contributed by atoms with van der Waals surface area (Å²) in [6.45, 7) is 13.9. The zero-order valence-corrected chi connectivity index (χ0v) is 24.4. The molecule has 0 unspecified atom stereocenters. The minimum atomic E-state index is -0.505. The molecule has 194 valence electrons. The first kappa shape index (κ1) is 28.1. The fraction of sp³-hybridized carbons (Fsp3) is 0.679.